The van der Waals surface area contributed by atoms with Gasteiger partial charge in [0, 0.05) is 56.7 Å². The van der Waals surface area contributed by atoms with E-state index in [9.17, 15) is 26.4 Å². The van der Waals surface area contributed by atoms with Crippen molar-refractivity contribution >= 4 is 33.3 Å². The second-order valence-electron chi connectivity index (χ2n) is 8.79. The maximum atomic E-state index is 13.5. The third-order valence-electron chi connectivity index (χ3n) is 5.98. The molecule has 1 aliphatic rings. The highest BCUT2D eigenvalue weighted by atomic mass is 32.2. The summed E-state index contributed by atoms with van der Waals surface area (Å²) in [7, 11) is -2.35. The zero-order valence-electron chi connectivity index (χ0n) is 22.6. The van der Waals surface area contributed by atoms with Crippen LogP contribution in [0.25, 0.3) is 0 Å². The molecule has 14 heteroatoms. The van der Waals surface area contributed by atoms with Crippen LogP contribution < -0.4 is 19.7 Å². The van der Waals surface area contributed by atoms with Crippen LogP contribution in [0.1, 0.15) is 37.0 Å². The monoisotopic (exact) mass is 588 g/mol. The fourth-order valence-corrected chi connectivity index (χ4v) is 4.94. The van der Waals surface area contributed by atoms with Gasteiger partial charge in [-0.2, -0.15) is 13.2 Å². The van der Waals surface area contributed by atoms with Crippen LogP contribution in [-0.4, -0.2) is 82.9 Å². The molecule has 1 saturated heterocycles. The Morgan fingerprint density at radius 3 is 2.33 bits per heavy atom. The zero-order chi connectivity index (χ0) is 29.9. The van der Waals surface area contributed by atoms with E-state index in [0.29, 0.717) is 30.1 Å². The van der Waals surface area contributed by atoms with Crippen LogP contribution in [0.2, 0.25) is 0 Å². The molecule has 3 rings (SSSR count). The molecule has 10 nitrogen and oxygen atoms in total. The molecule has 0 aromatic heterocycles. The fourth-order valence-electron chi connectivity index (χ4n) is 3.86. The van der Waals surface area contributed by atoms with Gasteiger partial charge in [0.25, 0.3) is 15.9 Å². The number of carbonyl (C=O) groups excluding carboxylic acids is 1. The van der Waals surface area contributed by atoms with Gasteiger partial charge in [-0.05, 0) is 43.7 Å². The van der Waals surface area contributed by atoms with Gasteiger partial charge < -0.3 is 25.0 Å². The highest BCUT2D eigenvalue weighted by molar-refractivity contribution is 7.92. The molecule has 3 N–H and O–H groups in total. The van der Waals surface area contributed by atoms with Crippen molar-refractivity contribution in [3.05, 3.63) is 48.0 Å². The molecule has 1 aliphatic heterocycles. The predicted octanol–water partition coefficient (Wildman–Crippen LogP) is 3.80. The number of nitrogens with zero attached hydrogens (tertiary/aromatic N) is 2. The van der Waals surface area contributed by atoms with Crippen LogP contribution in [0.3, 0.4) is 0 Å². The van der Waals surface area contributed by atoms with Gasteiger partial charge in [-0.3, -0.25) is 9.52 Å². The van der Waals surface area contributed by atoms with Gasteiger partial charge in [0.15, 0.2) is 0 Å². The lowest BCUT2D eigenvalue weighted by molar-refractivity contribution is -0.192. The van der Waals surface area contributed by atoms with E-state index < -0.39 is 22.2 Å². The number of nitrogens with one attached hydrogen (secondary N) is 2. The fraction of sp³-hybridized carbons (Fsp3) is 0.462. The largest absolute Gasteiger partial charge is 0.497 e. The molecule has 0 aliphatic carbocycles. The summed E-state index contributed by atoms with van der Waals surface area (Å²) in [4.78, 5) is 26.5. The standard InChI is InChI=1S/C24H34N4O4S.C2HF3O2/c1-4-6-14-27(5-2)24(29)22-17-19(10-11-23(22)28-15-12-25-13-16-28)26-33(30,31)21-9-7-8-20(18-21)32-3;3-2(4,5)1(6)7/h7-11,17-18,25-26H,4-6,12-16H2,1-3H3;(H,6,7). The van der Waals surface area contributed by atoms with Crippen molar-refractivity contribution in [2.45, 2.75) is 37.8 Å². The molecule has 0 bridgehead atoms. The molecule has 0 atom stereocenters. The lowest BCUT2D eigenvalue weighted by Gasteiger charge is -2.32. The number of amides is 1. The number of hydrogen-bond donors (Lipinski definition) is 3. The van der Waals surface area contributed by atoms with Crippen LogP contribution in [0.5, 0.6) is 5.75 Å². The lowest BCUT2D eigenvalue weighted by Crippen LogP contribution is -2.44. The number of hydrogen-bond acceptors (Lipinski definition) is 7. The van der Waals surface area contributed by atoms with Crippen molar-refractivity contribution in [2.24, 2.45) is 0 Å². The van der Waals surface area contributed by atoms with E-state index in [4.69, 9.17) is 14.6 Å². The normalized spacial score (nSPS) is 13.6. The van der Waals surface area contributed by atoms with Crippen molar-refractivity contribution in [3.63, 3.8) is 0 Å². The Hall–Kier alpha value is -3.52. The highest BCUT2D eigenvalue weighted by Crippen LogP contribution is 2.28. The van der Waals surface area contributed by atoms with E-state index in [1.807, 2.05) is 17.9 Å². The molecule has 0 saturated carbocycles. The minimum atomic E-state index is -5.08. The molecule has 1 fully saturated rings. The Balaban J connectivity index is 0.000000708. The molecular weight excluding hydrogens is 553 g/mol. The highest BCUT2D eigenvalue weighted by Gasteiger charge is 2.38. The summed E-state index contributed by atoms with van der Waals surface area (Å²) in [5, 5.41) is 10.5. The van der Waals surface area contributed by atoms with Crippen molar-refractivity contribution in [1.82, 2.24) is 10.2 Å². The minimum absolute atomic E-state index is 0.0816. The number of halogens is 3. The number of anilines is 2. The van der Waals surface area contributed by atoms with Crippen molar-refractivity contribution in [2.75, 3.05) is 56.0 Å². The summed E-state index contributed by atoms with van der Waals surface area (Å²) in [6.45, 7) is 8.58. The zero-order valence-corrected chi connectivity index (χ0v) is 23.4. The van der Waals surface area contributed by atoms with Crippen LogP contribution in [0, 0.1) is 0 Å². The summed E-state index contributed by atoms with van der Waals surface area (Å²) in [6, 6.07) is 11.5. The van der Waals surface area contributed by atoms with Gasteiger partial charge in [0.2, 0.25) is 0 Å². The Labute approximate surface area is 232 Å². The van der Waals surface area contributed by atoms with Crippen molar-refractivity contribution in [3.8, 4) is 5.75 Å². The maximum Gasteiger partial charge on any atom is 0.490 e. The molecule has 0 spiro atoms. The van der Waals surface area contributed by atoms with E-state index in [0.717, 1.165) is 44.7 Å². The lowest BCUT2D eigenvalue weighted by atomic mass is 10.1. The van der Waals surface area contributed by atoms with E-state index in [2.05, 4.69) is 21.9 Å². The number of rotatable bonds is 10. The quantitative estimate of drug-likeness (QED) is 0.383. The summed E-state index contributed by atoms with van der Waals surface area (Å²) >= 11 is 0. The molecule has 222 valence electrons. The van der Waals surface area contributed by atoms with Gasteiger partial charge in [-0.1, -0.05) is 19.4 Å². The smallest absolute Gasteiger partial charge is 0.490 e. The van der Waals surface area contributed by atoms with Crippen LogP contribution in [0.4, 0.5) is 24.5 Å². The Kier molecular flexibility index (Phi) is 12.1. The number of sulfonamides is 1. The Morgan fingerprint density at radius 1 is 1.12 bits per heavy atom. The number of piperazine rings is 1. The first kappa shape index (κ1) is 32.7. The van der Waals surface area contributed by atoms with E-state index in [-0.39, 0.29) is 10.8 Å². The number of unbranched alkanes of at least 4 members (excludes halogenated alkanes) is 1. The molecule has 0 radical (unpaired) electrons. The second kappa shape index (κ2) is 14.7. The molecule has 1 amide bonds. The first-order chi connectivity index (χ1) is 18.8. The van der Waals surface area contributed by atoms with Crippen LogP contribution >= 0.6 is 0 Å². The number of alkyl halides is 3. The number of methoxy groups -OCH3 is 1. The topological polar surface area (TPSA) is 128 Å². The summed E-state index contributed by atoms with van der Waals surface area (Å²) in [6.07, 6.45) is -3.17. The van der Waals surface area contributed by atoms with Crippen molar-refractivity contribution in [1.29, 1.82) is 0 Å². The third-order valence-corrected chi connectivity index (χ3v) is 7.36. The number of aliphatic carboxylic acids is 1. The van der Waals surface area contributed by atoms with E-state index in [1.165, 1.54) is 19.2 Å². The van der Waals surface area contributed by atoms with Crippen LogP contribution in [0.15, 0.2) is 47.4 Å². The first-order valence-corrected chi connectivity index (χ1v) is 14.2. The molecule has 0 unspecified atom stereocenters. The first-order valence-electron chi connectivity index (χ1n) is 12.7. The van der Waals surface area contributed by atoms with Gasteiger partial charge in [-0.25, -0.2) is 13.2 Å². The summed E-state index contributed by atoms with van der Waals surface area (Å²) in [5.41, 5.74) is 1.70. The number of carboxylic acids is 1. The summed E-state index contributed by atoms with van der Waals surface area (Å²) in [5.74, 6) is -2.38. The number of ether oxygens (including phenoxy) is 1. The number of carbonyl (C=O) groups is 2. The minimum Gasteiger partial charge on any atom is -0.497 e. The molecule has 40 heavy (non-hydrogen) atoms. The van der Waals surface area contributed by atoms with E-state index >= 15 is 0 Å². The van der Waals surface area contributed by atoms with Crippen LogP contribution in [-0.2, 0) is 14.8 Å². The van der Waals surface area contributed by atoms with Gasteiger partial charge in [0.1, 0.15) is 5.75 Å². The Bertz CT molecular complexity index is 1250. The van der Waals surface area contributed by atoms with Crippen molar-refractivity contribution < 1.29 is 41.0 Å². The SMILES string of the molecule is CCCCN(CC)C(=O)c1cc(NS(=O)(=O)c2cccc(OC)c2)ccc1N1CCNCC1.O=C(O)C(F)(F)F. The molecular formula is C26H35F3N4O6S. The van der Waals surface area contributed by atoms with Gasteiger partial charge in [-0.15, -0.1) is 0 Å². The molecule has 2 aromatic carbocycles. The average Bonchev–Trinajstić information content (AvgIpc) is 2.93. The number of carboxylic acid groups (broad SMARTS) is 1. The molecule has 1 heterocycles. The predicted molar refractivity (Wildman–Crippen MR) is 146 cm³/mol. The van der Waals surface area contributed by atoms with E-state index in [1.54, 1.807) is 24.3 Å². The third kappa shape index (κ3) is 9.30. The number of benzene rings is 2. The van der Waals surface area contributed by atoms with Gasteiger partial charge in [0.05, 0.1) is 17.6 Å². The Morgan fingerprint density at radius 2 is 1.77 bits per heavy atom. The van der Waals surface area contributed by atoms with Gasteiger partial charge >= 0.3 is 12.1 Å². The summed E-state index contributed by atoms with van der Waals surface area (Å²) < 4.78 is 65.5. The average molecular weight is 589 g/mol. The maximum absolute atomic E-state index is 13.5. The molecule has 2 aromatic rings. The second-order valence-corrected chi connectivity index (χ2v) is 10.5.